The molecular weight excluding hydrogens is 380 g/mol. The van der Waals surface area contributed by atoms with Crippen LogP contribution in [0.2, 0.25) is 0 Å². The molecule has 1 unspecified atom stereocenters. The van der Waals surface area contributed by atoms with Gasteiger partial charge >= 0.3 is 0 Å². The van der Waals surface area contributed by atoms with Crippen molar-refractivity contribution in [3.63, 3.8) is 0 Å². The molecule has 2 N–H and O–H groups in total. The molecule has 0 heterocycles. The molecule has 3 atom stereocenters. The van der Waals surface area contributed by atoms with Crippen molar-refractivity contribution < 1.29 is 4.79 Å². The second kappa shape index (κ2) is 13.9. The van der Waals surface area contributed by atoms with E-state index in [9.17, 15) is 4.79 Å². The summed E-state index contributed by atoms with van der Waals surface area (Å²) in [5.74, 6) is 2.25. The Hall–Kier alpha value is -1.35. The molecule has 1 saturated carbocycles. The van der Waals surface area contributed by atoms with Gasteiger partial charge in [-0.05, 0) is 48.6 Å². The quantitative estimate of drug-likeness (QED) is 0.201. The highest BCUT2D eigenvalue weighted by Gasteiger charge is 2.35. The number of nitrogens with one attached hydrogen (secondary N) is 2. The van der Waals surface area contributed by atoms with Crippen LogP contribution in [0.4, 0.5) is 0 Å². The minimum Gasteiger partial charge on any atom is -0.291 e. The summed E-state index contributed by atoms with van der Waals surface area (Å²) < 4.78 is 0. The van der Waals surface area contributed by atoms with Gasteiger partial charge in [0, 0.05) is 6.42 Å². The van der Waals surface area contributed by atoms with Gasteiger partial charge in [0.25, 0.3) is 0 Å². The largest absolute Gasteiger partial charge is 0.291 e. The maximum Gasteiger partial charge on any atom is 0.234 e. The molecule has 0 radical (unpaired) electrons. The monoisotopic (exact) mass is 426 g/mol. The Morgan fingerprint density at radius 3 is 2.26 bits per heavy atom. The summed E-state index contributed by atoms with van der Waals surface area (Å²) in [6.07, 6.45) is 22.1. The molecule has 0 aliphatic heterocycles. The van der Waals surface area contributed by atoms with E-state index in [-0.39, 0.29) is 11.9 Å². The Morgan fingerprint density at radius 2 is 1.52 bits per heavy atom. The zero-order valence-corrected chi connectivity index (χ0v) is 20.0. The summed E-state index contributed by atoms with van der Waals surface area (Å²) in [5.41, 5.74) is 8.94. The van der Waals surface area contributed by atoms with E-state index in [1.54, 1.807) is 0 Å². The minimum absolute atomic E-state index is 0.139. The molecule has 31 heavy (non-hydrogen) atoms. The van der Waals surface area contributed by atoms with E-state index in [1.165, 1.54) is 94.6 Å². The van der Waals surface area contributed by atoms with Crippen LogP contribution in [0.1, 0.15) is 127 Å². The van der Waals surface area contributed by atoms with E-state index >= 15 is 0 Å². The van der Waals surface area contributed by atoms with Crippen LogP contribution in [0.5, 0.6) is 0 Å². The molecule has 3 heteroatoms. The maximum absolute atomic E-state index is 12.1. The van der Waals surface area contributed by atoms with Gasteiger partial charge in [0.05, 0.1) is 6.04 Å². The number of carbonyl (C=O) groups is 1. The molecule has 1 aromatic carbocycles. The van der Waals surface area contributed by atoms with Crippen LogP contribution in [0.25, 0.3) is 0 Å². The van der Waals surface area contributed by atoms with Crippen LogP contribution in [0.15, 0.2) is 24.3 Å². The van der Waals surface area contributed by atoms with Gasteiger partial charge in [0.15, 0.2) is 0 Å². The van der Waals surface area contributed by atoms with Crippen molar-refractivity contribution in [3.8, 4) is 0 Å². The highest BCUT2D eigenvalue weighted by molar-refractivity contribution is 5.75. The standard InChI is InChI=1S/C28H46N2O/c1-2-3-4-5-7-10-16-24-22-25(24)17-11-8-6-9-12-19-28(31)30-29-27-21-20-23-15-13-14-18-26(23)27/h13-15,18,24-25,27,29H,2-12,16-17,19-22H2,1H3,(H,30,31)/t24-,25+,27?/m0/s1. The summed E-state index contributed by atoms with van der Waals surface area (Å²) in [6.45, 7) is 2.29. The zero-order valence-electron chi connectivity index (χ0n) is 20.0. The van der Waals surface area contributed by atoms with Gasteiger partial charge in [0.1, 0.15) is 0 Å². The van der Waals surface area contributed by atoms with Crippen molar-refractivity contribution in [3.05, 3.63) is 35.4 Å². The number of aryl methyl sites for hydroxylation is 1. The van der Waals surface area contributed by atoms with Gasteiger partial charge in [0.2, 0.25) is 5.91 Å². The van der Waals surface area contributed by atoms with Crippen LogP contribution in [0.3, 0.4) is 0 Å². The van der Waals surface area contributed by atoms with Crippen LogP contribution in [-0.2, 0) is 11.2 Å². The zero-order chi connectivity index (χ0) is 21.7. The van der Waals surface area contributed by atoms with Crippen molar-refractivity contribution in [2.45, 2.75) is 122 Å². The smallest absolute Gasteiger partial charge is 0.234 e. The molecule has 2 aliphatic carbocycles. The van der Waals surface area contributed by atoms with Gasteiger partial charge in [-0.2, -0.15) is 0 Å². The van der Waals surface area contributed by atoms with Crippen molar-refractivity contribution in [2.24, 2.45) is 11.8 Å². The van der Waals surface area contributed by atoms with E-state index in [0.717, 1.165) is 31.1 Å². The normalized spacial score (nSPS) is 21.8. The predicted molar refractivity (Wildman–Crippen MR) is 131 cm³/mol. The lowest BCUT2D eigenvalue weighted by Crippen LogP contribution is -2.39. The Bertz CT molecular complexity index is 644. The van der Waals surface area contributed by atoms with Crippen LogP contribution >= 0.6 is 0 Å². The molecule has 2 aliphatic rings. The molecule has 174 valence electrons. The molecule has 0 aromatic heterocycles. The second-order valence-corrected chi connectivity index (χ2v) is 10.1. The summed E-state index contributed by atoms with van der Waals surface area (Å²) in [6, 6.07) is 8.81. The van der Waals surface area contributed by atoms with Gasteiger partial charge in [-0.25, -0.2) is 5.43 Å². The van der Waals surface area contributed by atoms with Crippen LogP contribution < -0.4 is 10.9 Å². The molecule has 3 nitrogen and oxygen atoms in total. The lowest BCUT2D eigenvalue weighted by molar-refractivity contribution is -0.122. The first-order valence-corrected chi connectivity index (χ1v) is 13.4. The first-order chi connectivity index (χ1) is 15.3. The molecular formula is C28H46N2O. The first kappa shape index (κ1) is 24.3. The number of hydrogen-bond donors (Lipinski definition) is 2. The molecule has 3 rings (SSSR count). The number of amides is 1. The Balaban J connectivity index is 1.10. The third-order valence-corrected chi connectivity index (χ3v) is 7.49. The molecule has 0 saturated heterocycles. The maximum atomic E-state index is 12.1. The van der Waals surface area contributed by atoms with Gasteiger partial charge in [-0.1, -0.05) is 108 Å². The van der Waals surface area contributed by atoms with Crippen molar-refractivity contribution >= 4 is 5.91 Å². The van der Waals surface area contributed by atoms with E-state index < -0.39 is 0 Å². The van der Waals surface area contributed by atoms with Gasteiger partial charge in [-0.15, -0.1) is 0 Å². The summed E-state index contributed by atoms with van der Waals surface area (Å²) in [7, 11) is 0. The number of hydrogen-bond acceptors (Lipinski definition) is 2. The lowest BCUT2D eigenvalue weighted by Gasteiger charge is -2.15. The number of hydrazine groups is 1. The second-order valence-electron chi connectivity index (χ2n) is 10.1. The lowest BCUT2D eigenvalue weighted by atomic mass is 10.0. The fourth-order valence-electron chi connectivity index (χ4n) is 5.36. The van der Waals surface area contributed by atoms with E-state index in [1.807, 2.05) is 0 Å². The first-order valence-electron chi connectivity index (χ1n) is 13.4. The Labute approximate surface area is 191 Å². The van der Waals surface area contributed by atoms with Crippen molar-refractivity contribution in [1.82, 2.24) is 10.9 Å². The minimum atomic E-state index is 0.139. The average Bonchev–Trinajstić information content (AvgIpc) is 3.40. The summed E-state index contributed by atoms with van der Waals surface area (Å²) in [4.78, 5) is 12.1. The van der Waals surface area contributed by atoms with E-state index in [0.29, 0.717) is 6.42 Å². The Morgan fingerprint density at radius 1 is 0.871 bits per heavy atom. The fraction of sp³-hybridized carbons (Fsp3) is 0.750. The number of unbranched alkanes of at least 4 members (excludes halogenated alkanes) is 9. The number of carbonyl (C=O) groups excluding carboxylic acids is 1. The third-order valence-electron chi connectivity index (χ3n) is 7.49. The summed E-state index contributed by atoms with van der Waals surface area (Å²) >= 11 is 0. The average molecular weight is 427 g/mol. The summed E-state index contributed by atoms with van der Waals surface area (Å²) in [5, 5.41) is 0. The molecule has 1 amide bonds. The molecule has 0 spiro atoms. The van der Waals surface area contributed by atoms with Crippen molar-refractivity contribution in [1.29, 1.82) is 0 Å². The number of rotatable bonds is 17. The van der Waals surface area contributed by atoms with Crippen LogP contribution in [0, 0.1) is 11.8 Å². The third kappa shape index (κ3) is 8.96. The van der Waals surface area contributed by atoms with Gasteiger partial charge < -0.3 is 0 Å². The molecule has 1 aromatic rings. The molecule has 1 fully saturated rings. The fourth-order valence-corrected chi connectivity index (χ4v) is 5.36. The predicted octanol–water partition coefficient (Wildman–Crippen LogP) is 7.41. The number of benzene rings is 1. The highest BCUT2D eigenvalue weighted by Crippen LogP contribution is 2.45. The topological polar surface area (TPSA) is 41.1 Å². The van der Waals surface area contributed by atoms with Gasteiger partial charge in [-0.3, -0.25) is 10.2 Å². The molecule has 0 bridgehead atoms. The van der Waals surface area contributed by atoms with Crippen LogP contribution in [-0.4, -0.2) is 5.91 Å². The highest BCUT2D eigenvalue weighted by atomic mass is 16.2. The van der Waals surface area contributed by atoms with E-state index in [2.05, 4.69) is 42.0 Å². The van der Waals surface area contributed by atoms with Crippen molar-refractivity contribution in [2.75, 3.05) is 0 Å². The Kier molecular flexibility index (Phi) is 10.9. The number of fused-ring (bicyclic) bond motifs is 1. The SMILES string of the molecule is CCCCCCCC[C@H]1C[C@H]1CCCCCCCC(=O)NNC1CCc2ccccc21. The van der Waals surface area contributed by atoms with E-state index in [4.69, 9.17) is 0 Å².